The second-order valence-corrected chi connectivity index (χ2v) is 18.5. The Hall–Kier alpha value is -6.39. The number of H-pyrrole nitrogens is 1. The lowest BCUT2D eigenvalue weighted by Crippen LogP contribution is -2.55. The third-order valence-corrected chi connectivity index (χ3v) is 13.8. The molecule has 0 radical (unpaired) electrons. The van der Waals surface area contributed by atoms with Crippen molar-refractivity contribution in [3.63, 3.8) is 0 Å². The highest BCUT2D eigenvalue weighted by Crippen LogP contribution is 2.40. The van der Waals surface area contributed by atoms with Crippen LogP contribution in [0.4, 0.5) is 34.6 Å². The number of hydrogen-bond acceptors (Lipinski definition) is 13. The molecule has 3 aromatic carbocycles. The highest BCUT2D eigenvalue weighted by atomic mass is 19.4. The van der Waals surface area contributed by atoms with E-state index in [2.05, 4.69) is 59.7 Å². The van der Waals surface area contributed by atoms with Crippen LogP contribution < -0.4 is 31.7 Å². The van der Waals surface area contributed by atoms with Crippen molar-refractivity contribution >= 4 is 40.7 Å². The van der Waals surface area contributed by atoms with Crippen molar-refractivity contribution in [2.45, 2.75) is 76.4 Å². The molecule has 3 saturated heterocycles. The van der Waals surface area contributed by atoms with Crippen molar-refractivity contribution in [3.05, 3.63) is 111 Å². The van der Waals surface area contributed by atoms with Crippen molar-refractivity contribution in [1.82, 2.24) is 35.2 Å². The number of piperazine rings is 2. The van der Waals surface area contributed by atoms with E-state index in [0.717, 1.165) is 29.7 Å². The van der Waals surface area contributed by atoms with Crippen molar-refractivity contribution in [3.8, 4) is 11.1 Å². The number of rotatable bonds is 15. The number of aromatic amines is 1. The highest BCUT2D eigenvalue weighted by Gasteiger charge is 2.45. The molecule has 5 heterocycles. The van der Waals surface area contributed by atoms with Crippen molar-refractivity contribution < 1.29 is 47.0 Å². The molecular formula is C49H58F4N10O7. The summed E-state index contributed by atoms with van der Waals surface area (Å²) in [6, 6.07) is 14.7. The van der Waals surface area contributed by atoms with Gasteiger partial charge in [0.25, 0.3) is 5.91 Å². The molecule has 4 amide bonds. The van der Waals surface area contributed by atoms with E-state index in [0.29, 0.717) is 74.4 Å². The third kappa shape index (κ3) is 11.0. The number of imide groups is 1. The number of halogens is 4. The predicted molar refractivity (Wildman–Crippen MR) is 253 cm³/mol. The number of amides is 4. The zero-order valence-corrected chi connectivity index (χ0v) is 39.1. The number of likely N-dealkylation sites (N-methyl/N-ethyl adjacent to an activating group) is 1. The number of alkyl halides is 3. The first kappa shape index (κ1) is 50.0. The number of pyridine rings is 1. The zero-order chi connectivity index (χ0) is 50.0. The van der Waals surface area contributed by atoms with Crippen molar-refractivity contribution in [2.75, 3.05) is 81.5 Å². The molecule has 0 aliphatic carbocycles. The van der Waals surface area contributed by atoms with Gasteiger partial charge in [0.1, 0.15) is 11.9 Å². The summed E-state index contributed by atoms with van der Waals surface area (Å²) < 4.78 is 57.8. The molecule has 4 unspecified atom stereocenters. The van der Waals surface area contributed by atoms with E-state index in [1.54, 1.807) is 48.5 Å². The van der Waals surface area contributed by atoms with Crippen LogP contribution in [0.25, 0.3) is 11.1 Å². The van der Waals surface area contributed by atoms with Gasteiger partial charge < -0.3 is 36.0 Å². The van der Waals surface area contributed by atoms with Gasteiger partial charge in [0.15, 0.2) is 12.5 Å². The fourth-order valence-corrected chi connectivity index (χ4v) is 9.77. The first-order chi connectivity index (χ1) is 33.4. The maximum atomic E-state index is 15.7. The Kier molecular flexibility index (Phi) is 14.9. The van der Waals surface area contributed by atoms with Gasteiger partial charge in [0.2, 0.25) is 23.3 Å². The molecular weight excluding hydrogens is 917 g/mol. The van der Waals surface area contributed by atoms with Crippen LogP contribution in [0.2, 0.25) is 0 Å². The van der Waals surface area contributed by atoms with Crippen LogP contribution in [0, 0.1) is 5.82 Å². The normalized spacial score (nSPS) is 21.9. The van der Waals surface area contributed by atoms with Gasteiger partial charge in [-0.05, 0) is 68.8 Å². The molecule has 8 rings (SSSR count). The van der Waals surface area contributed by atoms with Gasteiger partial charge in [0.05, 0.1) is 22.5 Å². The Bertz CT molecular complexity index is 2670. The van der Waals surface area contributed by atoms with E-state index < -0.39 is 64.9 Å². The third-order valence-electron chi connectivity index (χ3n) is 13.8. The molecule has 4 aliphatic rings. The lowest BCUT2D eigenvalue weighted by atomic mass is 9.99. The van der Waals surface area contributed by atoms with Crippen LogP contribution in [-0.2, 0) is 27.1 Å². The van der Waals surface area contributed by atoms with Gasteiger partial charge in [-0.25, -0.2) is 4.39 Å². The summed E-state index contributed by atoms with van der Waals surface area (Å²) in [5, 5.41) is 33.4. The SMILES string of the molecule is CC1CN(c2ccc(-c3cc(CN4CCN(CCNC(=O)CCNc5cccc6c5C(=O)N(C5CCC(=O)NC5=O)C6O)CC4)ccc3F)cc2NC(O)c2c[nH]c(=O)cc2C(F)(F)F)C[C@@H](C)N1C. The highest BCUT2D eigenvalue weighted by molar-refractivity contribution is 6.08. The average Bonchev–Trinajstić information content (AvgIpc) is 3.57. The van der Waals surface area contributed by atoms with Crippen LogP contribution in [0.3, 0.4) is 0 Å². The number of aliphatic hydroxyl groups excluding tert-OH is 2. The number of nitrogens with zero attached hydrogens (tertiary/aromatic N) is 5. The molecule has 0 saturated carbocycles. The monoisotopic (exact) mass is 974 g/mol. The van der Waals surface area contributed by atoms with Gasteiger partial charge in [-0.15, -0.1) is 0 Å². The van der Waals surface area contributed by atoms with Crippen LogP contribution in [0.15, 0.2) is 71.7 Å². The Labute approximate surface area is 401 Å². The summed E-state index contributed by atoms with van der Waals surface area (Å²) in [6.45, 7) is 9.99. The van der Waals surface area contributed by atoms with Crippen LogP contribution >= 0.6 is 0 Å². The lowest BCUT2D eigenvalue weighted by Gasteiger charge is -2.44. The van der Waals surface area contributed by atoms with E-state index in [1.165, 1.54) is 6.07 Å². The molecule has 0 spiro atoms. The smallest absolute Gasteiger partial charge is 0.384 e. The Morgan fingerprint density at radius 3 is 2.36 bits per heavy atom. The number of piperidine rings is 1. The lowest BCUT2D eigenvalue weighted by molar-refractivity contribution is -0.140. The molecule has 374 valence electrons. The molecule has 3 fully saturated rings. The summed E-state index contributed by atoms with van der Waals surface area (Å²) in [5.74, 6) is -2.29. The zero-order valence-electron chi connectivity index (χ0n) is 39.1. The number of anilines is 3. The summed E-state index contributed by atoms with van der Waals surface area (Å²) in [4.78, 5) is 74.4. The average molecular weight is 975 g/mol. The number of aromatic nitrogens is 1. The predicted octanol–water partition coefficient (Wildman–Crippen LogP) is 3.82. The molecule has 7 N–H and O–H groups in total. The molecule has 5 atom stereocenters. The first-order valence-corrected chi connectivity index (χ1v) is 23.4. The number of nitrogens with one attached hydrogen (secondary N) is 5. The second kappa shape index (κ2) is 20.9. The fourth-order valence-electron chi connectivity index (χ4n) is 9.77. The van der Waals surface area contributed by atoms with E-state index in [9.17, 15) is 47.4 Å². The van der Waals surface area contributed by atoms with E-state index in [-0.39, 0.29) is 60.6 Å². The number of fused-ring (bicyclic) bond motifs is 1. The minimum absolute atomic E-state index is 0.0541. The van der Waals surface area contributed by atoms with Crippen LogP contribution in [0.5, 0.6) is 0 Å². The largest absolute Gasteiger partial charge is 0.417 e. The van der Waals surface area contributed by atoms with E-state index in [4.69, 9.17) is 0 Å². The molecule has 1 aromatic heterocycles. The number of carbonyl (C=O) groups excluding carboxylic acids is 4. The second-order valence-electron chi connectivity index (χ2n) is 18.5. The molecule has 0 bridgehead atoms. The first-order valence-electron chi connectivity index (χ1n) is 23.4. The number of carbonyl (C=O) groups is 4. The Morgan fingerprint density at radius 2 is 1.64 bits per heavy atom. The van der Waals surface area contributed by atoms with E-state index in [1.807, 2.05) is 7.05 Å². The number of benzene rings is 3. The van der Waals surface area contributed by atoms with Gasteiger partial charge in [-0.3, -0.25) is 48.9 Å². The van der Waals surface area contributed by atoms with Gasteiger partial charge in [-0.2, -0.15) is 13.2 Å². The maximum Gasteiger partial charge on any atom is 0.417 e. The van der Waals surface area contributed by atoms with Gasteiger partial charge in [0, 0.05) is 125 Å². The van der Waals surface area contributed by atoms with Crippen molar-refractivity contribution in [2.24, 2.45) is 0 Å². The molecule has 4 aromatic rings. The standard InChI is InChI=1S/C49H58F4N10O7/c1-28-25-62(26-29(2)59(28)3)39-10-8-31(22-38(39)57-45(67)34-24-56-43(66)23-35(34)49(51,52)53)33-21-30(7-9-36(33)50)27-61-19-17-60(18-20-61)16-15-55-41(64)13-14-54-37-6-4-5-32-44(37)48(70)63(47(32)69)40-11-12-42(65)58-46(40)68/h4-10,21-24,28-29,40,45,47,54,57,67,69H,11-20,25-27H2,1-3H3,(H,55,64)(H,56,66)(H,58,65,68)/t28-,29?,40?,45?,47?/m1/s1. The summed E-state index contributed by atoms with van der Waals surface area (Å²) in [6.07, 6.45) is -7.03. The quantitative estimate of drug-likeness (QED) is 0.0515. The summed E-state index contributed by atoms with van der Waals surface area (Å²) in [7, 11) is 2.02. The minimum Gasteiger partial charge on any atom is -0.384 e. The van der Waals surface area contributed by atoms with Crippen molar-refractivity contribution in [1.29, 1.82) is 0 Å². The molecule has 21 heteroatoms. The topological polar surface area (TPSA) is 206 Å². The number of hydrogen-bond donors (Lipinski definition) is 7. The Morgan fingerprint density at radius 1 is 0.914 bits per heavy atom. The van der Waals surface area contributed by atoms with Gasteiger partial charge >= 0.3 is 6.18 Å². The summed E-state index contributed by atoms with van der Waals surface area (Å²) >= 11 is 0. The molecule has 17 nitrogen and oxygen atoms in total. The minimum atomic E-state index is -4.91. The van der Waals surface area contributed by atoms with Crippen LogP contribution in [-0.4, -0.2) is 143 Å². The fraction of sp³-hybridized carbons (Fsp3) is 0.449. The summed E-state index contributed by atoms with van der Waals surface area (Å²) in [5.41, 5.74) is 0.664. The molecule has 4 aliphatic heterocycles. The Balaban J connectivity index is 0.845. The number of aliphatic hydroxyl groups is 2. The maximum absolute atomic E-state index is 15.7. The van der Waals surface area contributed by atoms with E-state index >= 15 is 4.39 Å². The van der Waals surface area contributed by atoms with Gasteiger partial charge in [-0.1, -0.05) is 24.3 Å². The van der Waals surface area contributed by atoms with Crippen LogP contribution in [0.1, 0.15) is 78.2 Å². The molecule has 70 heavy (non-hydrogen) atoms.